The third kappa shape index (κ3) is 3.82. The SMILES string of the molecule is C=CC(=C)OS(=O)C(F)(F)F. The molecule has 0 aliphatic rings. The Morgan fingerprint density at radius 1 is 1.55 bits per heavy atom. The van der Waals surface area contributed by atoms with Gasteiger partial charge in [0, 0.05) is 0 Å². The van der Waals surface area contributed by atoms with Crippen LogP contribution in [0.15, 0.2) is 25.0 Å². The Labute approximate surface area is 64.0 Å². The van der Waals surface area contributed by atoms with Gasteiger partial charge >= 0.3 is 16.6 Å². The molecule has 0 saturated heterocycles. The lowest BCUT2D eigenvalue weighted by molar-refractivity contribution is -0.0453. The van der Waals surface area contributed by atoms with Gasteiger partial charge in [-0.1, -0.05) is 13.2 Å². The maximum Gasteiger partial charge on any atom is 0.508 e. The van der Waals surface area contributed by atoms with Crippen LogP contribution < -0.4 is 0 Å². The van der Waals surface area contributed by atoms with Crippen molar-refractivity contribution in [1.29, 1.82) is 0 Å². The van der Waals surface area contributed by atoms with Gasteiger partial charge in [-0.05, 0) is 6.08 Å². The lowest BCUT2D eigenvalue weighted by Gasteiger charge is -2.05. The third-order valence-corrected chi connectivity index (χ3v) is 1.34. The summed E-state index contributed by atoms with van der Waals surface area (Å²) in [5, 5.41) is 0. The molecular formula is C5H5F3O2S. The normalized spacial score (nSPS) is 13.7. The molecule has 0 aromatic rings. The summed E-state index contributed by atoms with van der Waals surface area (Å²) in [6.07, 6.45) is 0.934. The van der Waals surface area contributed by atoms with Crippen LogP contribution in [0.25, 0.3) is 0 Å². The van der Waals surface area contributed by atoms with E-state index in [2.05, 4.69) is 17.3 Å². The first-order chi connectivity index (χ1) is 4.88. The van der Waals surface area contributed by atoms with Crippen molar-refractivity contribution in [2.24, 2.45) is 0 Å². The van der Waals surface area contributed by atoms with Crippen LogP contribution in [0.1, 0.15) is 0 Å². The molecule has 6 heteroatoms. The Morgan fingerprint density at radius 3 is 2.27 bits per heavy atom. The van der Waals surface area contributed by atoms with E-state index in [1.807, 2.05) is 0 Å². The van der Waals surface area contributed by atoms with Gasteiger partial charge in [-0.3, -0.25) is 0 Å². The zero-order chi connectivity index (χ0) is 9.07. The Hall–Kier alpha value is -0.780. The molecule has 2 nitrogen and oxygen atoms in total. The topological polar surface area (TPSA) is 26.3 Å². The van der Waals surface area contributed by atoms with E-state index in [4.69, 9.17) is 0 Å². The lowest BCUT2D eigenvalue weighted by Crippen LogP contribution is -2.17. The highest BCUT2D eigenvalue weighted by atomic mass is 32.2. The number of halogens is 3. The minimum absolute atomic E-state index is 0.374. The summed E-state index contributed by atoms with van der Waals surface area (Å²) in [7, 11) is 0. The van der Waals surface area contributed by atoms with E-state index in [9.17, 15) is 17.4 Å². The van der Waals surface area contributed by atoms with Crippen LogP contribution >= 0.6 is 0 Å². The lowest BCUT2D eigenvalue weighted by atomic mass is 10.6. The van der Waals surface area contributed by atoms with Crippen LogP contribution in [-0.2, 0) is 15.3 Å². The molecule has 0 aromatic heterocycles. The Morgan fingerprint density at radius 2 is 2.00 bits per heavy atom. The summed E-state index contributed by atoms with van der Waals surface area (Å²) in [6, 6.07) is 0. The number of alkyl halides is 3. The van der Waals surface area contributed by atoms with Gasteiger partial charge in [-0.2, -0.15) is 13.2 Å². The van der Waals surface area contributed by atoms with Crippen molar-refractivity contribution in [2.45, 2.75) is 5.51 Å². The first kappa shape index (κ1) is 10.2. The molecule has 1 unspecified atom stereocenters. The predicted molar refractivity (Wildman–Crippen MR) is 34.6 cm³/mol. The highest BCUT2D eigenvalue weighted by Crippen LogP contribution is 2.22. The Kier molecular flexibility index (Phi) is 3.31. The minimum atomic E-state index is -4.87. The van der Waals surface area contributed by atoms with Crippen molar-refractivity contribution in [3.63, 3.8) is 0 Å². The molecule has 0 rings (SSSR count). The van der Waals surface area contributed by atoms with Crippen LogP contribution in [0.4, 0.5) is 13.2 Å². The third-order valence-electron chi connectivity index (χ3n) is 0.599. The highest BCUT2D eigenvalue weighted by molar-refractivity contribution is 7.81. The van der Waals surface area contributed by atoms with Gasteiger partial charge in [-0.25, -0.2) is 4.21 Å². The molecule has 0 heterocycles. The van der Waals surface area contributed by atoms with Crippen LogP contribution in [-0.4, -0.2) is 9.72 Å². The van der Waals surface area contributed by atoms with Crippen molar-refractivity contribution in [1.82, 2.24) is 0 Å². The average Bonchev–Trinajstić information content (AvgIpc) is 1.85. The van der Waals surface area contributed by atoms with Crippen LogP contribution in [0.5, 0.6) is 0 Å². The van der Waals surface area contributed by atoms with Gasteiger partial charge in [0.15, 0.2) is 0 Å². The van der Waals surface area contributed by atoms with Crippen molar-refractivity contribution >= 4 is 11.1 Å². The predicted octanol–water partition coefficient (Wildman–Crippen LogP) is 1.89. The summed E-state index contributed by atoms with van der Waals surface area (Å²) in [5.41, 5.74) is -4.87. The molecule has 1 atom stereocenters. The molecule has 0 aliphatic carbocycles. The number of rotatable bonds is 3. The molecule has 0 aliphatic heterocycles. The second-order valence-corrected chi connectivity index (χ2v) is 2.53. The smallest absolute Gasteiger partial charge is 0.395 e. The Bertz CT molecular complexity index is 196. The fourth-order valence-corrected chi connectivity index (χ4v) is 0.535. The molecule has 0 radical (unpaired) electrons. The monoisotopic (exact) mass is 186 g/mol. The van der Waals surface area contributed by atoms with Gasteiger partial charge in [-0.15, -0.1) is 0 Å². The number of allylic oxidation sites excluding steroid dienone is 1. The van der Waals surface area contributed by atoms with Gasteiger partial charge in [0.1, 0.15) is 5.76 Å². The molecule has 0 aromatic carbocycles. The van der Waals surface area contributed by atoms with E-state index in [-0.39, 0.29) is 5.76 Å². The van der Waals surface area contributed by atoms with Crippen molar-refractivity contribution in [3.8, 4) is 0 Å². The molecule has 64 valence electrons. The fraction of sp³-hybridized carbons (Fsp3) is 0.200. The van der Waals surface area contributed by atoms with Crippen molar-refractivity contribution in [2.75, 3.05) is 0 Å². The molecule has 11 heavy (non-hydrogen) atoms. The quantitative estimate of drug-likeness (QED) is 0.497. The van der Waals surface area contributed by atoms with Gasteiger partial charge in [0.2, 0.25) is 0 Å². The molecule has 0 fully saturated rings. The molecular weight excluding hydrogens is 181 g/mol. The first-order valence-corrected chi connectivity index (χ1v) is 3.43. The van der Waals surface area contributed by atoms with Crippen molar-refractivity contribution in [3.05, 3.63) is 25.0 Å². The summed E-state index contributed by atoms with van der Waals surface area (Å²) in [4.78, 5) is 0. The maximum atomic E-state index is 11.4. The van der Waals surface area contributed by atoms with E-state index < -0.39 is 16.6 Å². The molecule has 0 saturated carbocycles. The van der Waals surface area contributed by atoms with Crippen molar-refractivity contribution < 1.29 is 21.6 Å². The highest BCUT2D eigenvalue weighted by Gasteiger charge is 2.39. The molecule has 0 amide bonds. The summed E-state index contributed by atoms with van der Waals surface area (Å²) in [5.74, 6) is -0.374. The first-order valence-electron chi connectivity index (χ1n) is 2.36. The van der Waals surface area contributed by atoms with E-state index >= 15 is 0 Å². The zero-order valence-electron chi connectivity index (χ0n) is 5.35. The van der Waals surface area contributed by atoms with Gasteiger partial charge in [0.05, 0.1) is 0 Å². The second-order valence-electron chi connectivity index (χ2n) is 1.43. The van der Waals surface area contributed by atoms with Crippen LogP contribution in [0.3, 0.4) is 0 Å². The van der Waals surface area contributed by atoms with Crippen LogP contribution in [0.2, 0.25) is 0 Å². The fourth-order valence-electron chi connectivity index (χ4n) is 0.178. The largest absolute Gasteiger partial charge is 0.508 e. The standard InChI is InChI=1S/C5H5F3O2S/c1-3-4(2)10-11(9)5(6,7)8/h3H,1-2H2. The molecule has 0 bridgehead atoms. The van der Waals surface area contributed by atoms with E-state index in [0.29, 0.717) is 0 Å². The molecule has 0 N–H and O–H groups in total. The number of hydrogen-bond donors (Lipinski definition) is 0. The molecule has 0 spiro atoms. The number of hydrogen-bond acceptors (Lipinski definition) is 2. The van der Waals surface area contributed by atoms with Gasteiger partial charge in [0.25, 0.3) is 0 Å². The second kappa shape index (κ2) is 3.56. The van der Waals surface area contributed by atoms with Crippen LogP contribution in [0, 0.1) is 0 Å². The zero-order valence-corrected chi connectivity index (χ0v) is 6.17. The average molecular weight is 186 g/mol. The summed E-state index contributed by atoms with van der Waals surface area (Å²) in [6.45, 7) is 6.06. The van der Waals surface area contributed by atoms with E-state index in [1.54, 1.807) is 0 Å². The van der Waals surface area contributed by atoms with E-state index in [0.717, 1.165) is 6.08 Å². The maximum absolute atomic E-state index is 11.4. The summed E-state index contributed by atoms with van der Waals surface area (Å²) >= 11 is -3.34. The minimum Gasteiger partial charge on any atom is -0.395 e. The van der Waals surface area contributed by atoms with E-state index in [1.165, 1.54) is 0 Å². The summed E-state index contributed by atoms with van der Waals surface area (Å²) < 4.78 is 48.2. The van der Waals surface area contributed by atoms with Gasteiger partial charge < -0.3 is 4.18 Å². The Balaban J connectivity index is 4.09.